The molecule has 2 amide bonds. The molecule has 0 aliphatic carbocycles. The van der Waals surface area contributed by atoms with E-state index in [0.717, 1.165) is 29.6 Å². The zero-order valence-electron chi connectivity index (χ0n) is 14.5. The first kappa shape index (κ1) is 18.9. The molecule has 1 aromatic carbocycles. The van der Waals surface area contributed by atoms with Crippen LogP contribution >= 0.6 is 22.9 Å². The first-order chi connectivity index (χ1) is 12.5. The van der Waals surface area contributed by atoms with Crippen LogP contribution in [0.2, 0.25) is 5.02 Å². The molecule has 0 bridgehead atoms. The topological polar surface area (TPSA) is 97.5 Å². The number of carbonyl (C=O) groups excluding carboxylic acids is 2. The third kappa shape index (κ3) is 4.44. The highest BCUT2D eigenvalue weighted by atomic mass is 35.5. The third-order valence-electron chi connectivity index (χ3n) is 4.44. The lowest BCUT2D eigenvalue weighted by molar-refractivity contribution is -0.121. The number of methoxy groups -OCH3 is 1. The first-order valence-corrected chi connectivity index (χ1v) is 9.61. The van der Waals surface area contributed by atoms with E-state index in [1.165, 1.54) is 11.3 Å². The Hall–Kier alpha value is -1.90. The Morgan fingerprint density at radius 3 is 3.04 bits per heavy atom. The number of primary amides is 1. The van der Waals surface area contributed by atoms with Crippen molar-refractivity contribution < 1.29 is 14.3 Å². The minimum absolute atomic E-state index is 0.0501. The second-order valence-electron chi connectivity index (χ2n) is 6.32. The van der Waals surface area contributed by atoms with Gasteiger partial charge < -0.3 is 20.7 Å². The summed E-state index contributed by atoms with van der Waals surface area (Å²) in [5.74, 6) is 0.0888. The number of benzene rings is 1. The standard InChI is InChI=1S/C17H21ClN4O3S/c1-25-13-8-14-12(7-11(13)18)20-17(26-14)21-16(24)10-3-2-5-22(9-10)6-4-15(19)23/h7-8,10H,2-6,9H2,1H3,(H2,19,23)(H,20,21,24)/t10-/m0/s1. The fourth-order valence-electron chi connectivity index (χ4n) is 3.09. The number of nitrogens with one attached hydrogen (secondary N) is 1. The predicted octanol–water partition coefficient (Wildman–Crippen LogP) is 2.48. The second-order valence-corrected chi connectivity index (χ2v) is 7.76. The van der Waals surface area contributed by atoms with E-state index in [2.05, 4.69) is 15.2 Å². The Bertz CT molecular complexity index is 826. The second kappa shape index (κ2) is 8.20. The van der Waals surface area contributed by atoms with Crippen LogP contribution in [0.5, 0.6) is 5.75 Å². The number of hydrogen-bond acceptors (Lipinski definition) is 6. The Morgan fingerprint density at radius 1 is 1.50 bits per heavy atom. The quantitative estimate of drug-likeness (QED) is 0.781. The number of piperidine rings is 1. The molecule has 9 heteroatoms. The molecule has 2 aromatic rings. The van der Waals surface area contributed by atoms with Gasteiger partial charge in [-0.25, -0.2) is 4.98 Å². The van der Waals surface area contributed by atoms with Gasteiger partial charge in [-0.3, -0.25) is 9.59 Å². The summed E-state index contributed by atoms with van der Waals surface area (Å²) < 4.78 is 6.11. The molecule has 1 atom stereocenters. The van der Waals surface area contributed by atoms with Gasteiger partial charge in [0, 0.05) is 25.6 Å². The fraction of sp³-hybridized carbons (Fsp3) is 0.471. The van der Waals surface area contributed by atoms with E-state index in [-0.39, 0.29) is 17.7 Å². The number of likely N-dealkylation sites (tertiary alicyclic amines) is 1. The predicted molar refractivity (Wildman–Crippen MR) is 103 cm³/mol. The zero-order chi connectivity index (χ0) is 18.7. The van der Waals surface area contributed by atoms with Crippen LogP contribution in [0.25, 0.3) is 10.2 Å². The van der Waals surface area contributed by atoms with Crippen LogP contribution in [0, 0.1) is 5.92 Å². The molecule has 0 saturated carbocycles. The van der Waals surface area contributed by atoms with Crippen molar-refractivity contribution in [1.82, 2.24) is 9.88 Å². The lowest BCUT2D eigenvalue weighted by atomic mass is 9.97. The SMILES string of the molecule is COc1cc2sc(NC(=O)[C@H]3CCCN(CCC(N)=O)C3)nc2cc1Cl. The number of aromatic nitrogens is 1. The van der Waals surface area contributed by atoms with E-state index in [1.54, 1.807) is 13.2 Å². The van der Waals surface area contributed by atoms with E-state index in [1.807, 2.05) is 6.07 Å². The number of rotatable bonds is 6. The molecule has 0 radical (unpaired) electrons. The van der Waals surface area contributed by atoms with Crippen LogP contribution in [0.3, 0.4) is 0 Å². The van der Waals surface area contributed by atoms with Crippen molar-refractivity contribution in [3.8, 4) is 5.75 Å². The molecular formula is C17H21ClN4O3S. The smallest absolute Gasteiger partial charge is 0.230 e. The summed E-state index contributed by atoms with van der Waals surface area (Å²) in [6.07, 6.45) is 2.06. The van der Waals surface area contributed by atoms with Crippen molar-refractivity contribution in [3.63, 3.8) is 0 Å². The van der Waals surface area contributed by atoms with Gasteiger partial charge in [0.2, 0.25) is 11.8 Å². The number of anilines is 1. The van der Waals surface area contributed by atoms with Gasteiger partial charge in [-0.15, -0.1) is 0 Å². The van der Waals surface area contributed by atoms with Gasteiger partial charge in [0.1, 0.15) is 5.75 Å². The van der Waals surface area contributed by atoms with Crippen molar-refractivity contribution in [2.24, 2.45) is 11.7 Å². The number of hydrogen-bond donors (Lipinski definition) is 2. The molecule has 0 spiro atoms. The molecule has 1 aliphatic heterocycles. The minimum atomic E-state index is -0.319. The van der Waals surface area contributed by atoms with Crippen LogP contribution in [0.1, 0.15) is 19.3 Å². The average Bonchev–Trinajstić information content (AvgIpc) is 3.00. The highest BCUT2D eigenvalue weighted by molar-refractivity contribution is 7.22. The molecular weight excluding hydrogens is 376 g/mol. The van der Waals surface area contributed by atoms with Crippen molar-refractivity contribution in [2.75, 3.05) is 32.1 Å². The molecule has 7 nitrogen and oxygen atoms in total. The lowest BCUT2D eigenvalue weighted by Crippen LogP contribution is -2.41. The van der Waals surface area contributed by atoms with Crippen LogP contribution in [0.4, 0.5) is 5.13 Å². The summed E-state index contributed by atoms with van der Waals surface area (Å²) in [5, 5.41) is 3.94. The average molecular weight is 397 g/mol. The van der Waals surface area contributed by atoms with Crippen molar-refractivity contribution in [1.29, 1.82) is 0 Å². The van der Waals surface area contributed by atoms with Gasteiger partial charge in [-0.05, 0) is 25.5 Å². The van der Waals surface area contributed by atoms with E-state index in [9.17, 15) is 9.59 Å². The van der Waals surface area contributed by atoms with Gasteiger partial charge in [0.05, 0.1) is 28.3 Å². The van der Waals surface area contributed by atoms with Gasteiger partial charge in [0.25, 0.3) is 0 Å². The zero-order valence-corrected chi connectivity index (χ0v) is 16.0. The number of halogens is 1. The van der Waals surface area contributed by atoms with E-state index < -0.39 is 0 Å². The number of amides is 2. The van der Waals surface area contributed by atoms with Crippen LogP contribution < -0.4 is 15.8 Å². The van der Waals surface area contributed by atoms with E-state index in [0.29, 0.717) is 35.4 Å². The highest BCUT2D eigenvalue weighted by Gasteiger charge is 2.26. The molecule has 3 rings (SSSR count). The number of nitrogens with two attached hydrogens (primary N) is 1. The van der Waals surface area contributed by atoms with Crippen LogP contribution in [0.15, 0.2) is 12.1 Å². The number of carbonyl (C=O) groups is 2. The molecule has 1 fully saturated rings. The van der Waals surface area contributed by atoms with E-state index in [4.69, 9.17) is 22.1 Å². The number of nitrogens with zero attached hydrogens (tertiary/aromatic N) is 2. The molecule has 1 aliphatic rings. The summed E-state index contributed by atoms with van der Waals surface area (Å²) in [6.45, 7) is 2.11. The maximum absolute atomic E-state index is 12.6. The highest BCUT2D eigenvalue weighted by Crippen LogP contribution is 2.34. The molecule has 3 N–H and O–H groups in total. The first-order valence-electron chi connectivity index (χ1n) is 8.42. The van der Waals surface area contributed by atoms with Crippen molar-refractivity contribution >= 4 is 50.1 Å². The molecule has 0 unspecified atom stereocenters. The normalized spacial score (nSPS) is 18.0. The Balaban J connectivity index is 1.65. The Morgan fingerprint density at radius 2 is 2.31 bits per heavy atom. The molecule has 26 heavy (non-hydrogen) atoms. The monoisotopic (exact) mass is 396 g/mol. The Labute approximate surface area is 160 Å². The summed E-state index contributed by atoms with van der Waals surface area (Å²) >= 11 is 7.51. The molecule has 140 valence electrons. The molecule has 1 saturated heterocycles. The molecule has 1 aromatic heterocycles. The maximum atomic E-state index is 12.6. The van der Waals surface area contributed by atoms with Gasteiger partial charge in [-0.1, -0.05) is 22.9 Å². The van der Waals surface area contributed by atoms with E-state index >= 15 is 0 Å². The fourth-order valence-corrected chi connectivity index (χ4v) is 4.20. The van der Waals surface area contributed by atoms with Gasteiger partial charge in [0.15, 0.2) is 5.13 Å². The minimum Gasteiger partial charge on any atom is -0.495 e. The third-order valence-corrected chi connectivity index (χ3v) is 5.67. The van der Waals surface area contributed by atoms with Crippen molar-refractivity contribution in [3.05, 3.63) is 17.2 Å². The summed E-state index contributed by atoms with van der Waals surface area (Å²) in [4.78, 5) is 30.1. The number of thiazole rings is 1. The number of ether oxygens (including phenoxy) is 1. The lowest BCUT2D eigenvalue weighted by Gasteiger charge is -2.31. The summed E-state index contributed by atoms with van der Waals surface area (Å²) in [7, 11) is 1.56. The maximum Gasteiger partial charge on any atom is 0.230 e. The van der Waals surface area contributed by atoms with Gasteiger partial charge in [-0.2, -0.15) is 0 Å². The van der Waals surface area contributed by atoms with Crippen LogP contribution in [-0.2, 0) is 9.59 Å². The van der Waals surface area contributed by atoms with Crippen molar-refractivity contribution in [2.45, 2.75) is 19.3 Å². The summed E-state index contributed by atoms with van der Waals surface area (Å²) in [6, 6.07) is 3.55. The largest absolute Gasteiger partial charge is 0.495 e. The van der Waals surface area contributed by atoms with Gasteiger partial charge >= 0.3 is 0 Å². The van der Waals surface area contributed by atoms with Crippen LogP contribution in [-0.4, -0.2) is 48.4 Å². The Kier molecular flexibility index (Phi) is 5.95. The molecule has 2 heterocycles. The number of fused-ring (bicyclic) bond motifs is 1. The summed E-state index contributed by atoms with van der Waals surface area (Å²) in [5.41, 5.74) is 5.93.